The fraction of sp³-hybridized carbons (Fsp3) is 0.273. The van der Waals surface area contributed by atoms with Crippen LogP contribution in [0.5, 0.6) is 0 Å². The van der Waals surface area contributed by atoms with Crippen molar-refractivity contribution in [1.29, 1.82) is 0 Å². The number of fused-ring (bicyclic) bond motifs is 1. The summed E-state index contributed by atoms with van der Waals surface area (Å²) in [6.07, 6.45) is 4.72. The normalized spacial score (nSPS) is 17.8. The van der Waals surface area contributed by atoms with E-state index in [0.717, 1.165) is 30.2 Å². The predicted octanol–water partition coefficient (Wildman–Crippen LogP) is 4.15. The molecule has 1 atom stereocenters. The standard InChI is InChI=1S/C22H22N2O2/c25-21(19-14-23-20-12-5-4-11-18(19)20)22(26)24-13-7-6-10-17(15-24)16-8-2-1-3-9-16/h1-5,8-9,11-12,14,17,23H,6-7,10,13,15H2. The quantitative estimate of drug-likeness (QED) is 0.572. The number of likely N-dealkylation sites (tertiary alicyclic amines) is 1. The number of amides is 1. The lowest BCUT2D eigenvalue weighted by molar-refractivity contribution is -0.126. The summed E-state index contributed by atoms with van der Waals surface area (Å²) in [7, 11) is 0. The van der Waals surface area contributed by atoms with Gasteiger partial charge in [-0.2, -0.15) is 0 Å². The summed E-state index contributed by atoms with van der Waals surface area (Å²) in [6, 6.07) is 17.9. The number of benzene rings is 2. The van der Waals surface area contributed by atoms with Crippen LogP contribution < -0.4 is 0 Å². The van der Waals surface area contributed by atoms with E-state index in [0.29, 0.717) is 24.6 Å². The number of rotatable bonds is 3. The molecule has 1 aliphatic heterocycles. The smallest absolute Gasteiger partial charge is 0.295 e. The number of carbonyl (C=O) groups is 2. The van der Waals surface area contributed by atoms with E-state index in [9.17, 15) is 9.59 Å². The number of carbonyl (C=O) groups excluding carboxylic acids is 2. The molecule has 1 amide bonds. The molecular weight excluding hydrogens is 324 g/mol. The van der Waals surface area contributed by atoms with Gasteiger partial charge in [-0.1, -0.05) is 55.0 Å². The Hall–Kier alpha value is -2.88. The summed E-state index contributed by atoms with van der Waals surface area (Å²) < 4.78 is 0. The molecule has 2 heterocycles. The molecule has 1 aliphatic rings. The van der Waals surface area contributed by atoms with Crippen LogP contribution in [0.2, 0.25) is 0 Å². The van der Waals surface area contributed by atoms with E-state index in [-0.39, 0.29) is 0 Å². The van der Waals surface area contributed by atoms with Crippen LogP contribution in [-0.4, -0.2) is 34.7 Å². The van der Waals surface area contributed by atoms with Crippen molar-refractivity contribution in [2.45, 2.75) is 25.2 Å². The third-order valence-corrected chi connectivity index (χ3v) is 5.26. The highest BCUT2D eigenvalue weighted by molar-refractivity contribution is 6.44. The molecule has 0 aliphatic carbocycles. The molecule has 1 fully saturated rings. The van der Waals surface area contributed by atoms with Crippen LogP contribution in [0.1, 0.15) is 41.1 Å². The molecule has 1 N–H and O–H groups in total. The van der Waals surface area contributed by atoms with E-state index >= 15 is 0 Å². The van der Waals surface area contributed by atoms with Crippen LogP contribution in [0.25, 0.3) is 10.9 Å². The molecule has 0 spiro atoms. The number of para-hydroxylation sites is 1. The fourth-order valence-corrected chi connectivity index (χ4v) is 3.84. The van der Waals surface area contributed by atoms with Gasteiger partial charge in [0.1, 0.15) is 0 Å². The molecule has 1 aromatic heterocycles. The minimum Gasteiger partial charge on any atom is -0.360 e. The first kappa shape index (κ1) is 16.6. The third kappa shape index (κ3) is 3.15. The van der Waals surface area contributed by atoms with Crippen molar-refractivity contribution in [3.63, 3.8) is 0 Å². The van der Waals surface area contributed by atoms with E-state index < -0.39 is 11.7 Å². The summed E-state index contributed by atoms with van der Waals surface area (Å²) >= 11 is 0. The Kier molecular flexibility index (Phi) is 4.57. The number of hydrogen-bond acceptors (Lipinski definition) is 2. The summed E-state index contributed by atoms with van der Waals surface area (Å²) in [4.78, 5) is 30.6. The van der Waals surface area contributed by atoms with Gasteiger partial charge in [0.15, 0.2) is 0 Å². The van der Waals surface area contributed by atoms with Crippen molar-refractivity contribution >= 4 is 22.6 Å². The highest BCUT2D eigenvalue weighted by atomic mass is 16.2. The number of nitrogens with one attached hydrogen (secondary N) is 1. The largest absolute Gasteiger partial charge is 0.360 e. The Morgan fingerprint density at radius 2 is 1.73 bits per heavy atom. The molecule has 0 saturated carbocycles. The molecule has 132 valence electrons. The molecule has 4 nitrogen and oxygen atoms in total. The third-order valence-electron chi connectivity index (χ3n) is 5.26. The number of aromatic nitrogens is 1. The maximum Gasteiger partial charge on any atom is 0.295 e. The van der Waals surface area contributed by atoms with Crippen LogP contribution in [0.15, 0.2) is 60.8 Å². The van der Waals surface area contributed by atoms with Crippen molar-refractivity contribution in [1.82, 2.24) is 9.88 Å². The Balaban J connectivity index is 1.57. The average Bonchev–Trinajstić information content (AvgIpc) is 2.96. The first-order valence-electron chi connectivity index (χ1n) is 9.18. The summed E-state index contributed by atoms with van der Waals surface area (Å²) in [6.45, 7) is 1.26. The number of aromatic amines is 1. The van der Waals surface area contributed by atoms with Crippen molar-refractivity contribution in [2.24, 2.45) is 0 Å². The molecule has 3 aromatic rings. The molecule has 2 aromatic carbocycles. The predicted molar refractivity (Wildman–Crippen MR) is 102 cm³/mol. The second-order valence-corrected chi connectivity index (χ2v) is 6.93. The van der Waals surface area contributed by atoms with Gasteiger partial charge in [0.25, 0.3) is 11.7 Å². The minimum absolute atomic E-state index is 0.290. The molecule has 26 heavy (non-hydrogen) atoms. The molecule has 1 saturated heterocycles. The van der Waals surface area contributed by atoms with Crippen molar-refractivity contribution in [2.75, 3.05) is 13.1 Å². The monoisotopic (exact) mass is 346 g/mol. The fourth-order valence-electron chi connectivity index (χ4n) is 3.84. The number of ketones is 1. The summed E-state index contributed by atoms with van der Waals surface area (Å²) in [5.41, 5.74) is 2.58. The van der Waals surface area contributed by atoms with E-state index in [4.69, 9.17) is 0 Å². The Bertz CT molecular complexity index is 929. The SMILES string of the molecule is O=C(C(=O)N1CCCCC(c2ccccc2)C1)c1c[nH]c2ccccc12. The zero-order valence-electron chi connectivity index (χ0n) is 14.7. The van der Waals surface area contributed by atoms with Crippen LogP contribution in [0.4, 0.5) is 0 Å². The minimum atomic E-state index is -0.420. The summed E-state index contributed by atoms with van der Waals surface area (Å²) in [5.74, 6) is -0.521. The van der Waals surface area contributed by atoms with Gasteiger partial charge in [-0.15, -0.1) is 0 Å². The zero-order chi connectivity index (χ0) is 17.9. The van der Waals surface area contributed by atoms with Gasteiger partial charge in [0, 0.05) is 36.1 Å². The molecule has 1 unspecified atom stereocenters. The van der Waals surface area contributed by atoms with Gasteiger partial charge in [0.05, 0.1) is 5.56 Å². The van der Waals surface area contributed by atoms with Crippen LogP contribution in [-0.2, 0) is 4.79 Å². The topological polar surface area (TPSA) is 53.2 Å². The van der Waals surface area contributed by atoms with Gasteiger partial charge in [-0.05, 0) is 24.5 Å². The van der Waals surface area contributed by atoms with Crippen molar-refractivity contribution in [3.05, 3.63) is 71.9 Å². The second kappa shape index (κ2) is 7.16. The Morgan fingerprint density at radius 3 is 2.58 bits per heavy atom. The van der Waals surface area contributed by atoms with E-state index in [2.05, 4.69) is 17.1 Å². The van der Waals surface area contributed by atoms with E-state index in [1.54, 1.807) is 11.1 Å². The highest BCUT2D eigenvalue weighted by Crippen LogP contribution is 2.27. The lowest BCUT2D eigenvalue weighted by Crippen LogP contribution is -2.38. The van der Waals surface area contributed by atoms with Gasteiger partial charge in [0.2, 0.25) is 0 Å². The lowest BCUT2D eigenvalue weighted by Gasteiger charge is -2.24. The zero-order valence-corrected chi connectivity index (χ0v) is 14.7. The maximum atomic E-state index is 12.9. The van der Waals surface area contributed by atoms with Crippen molar-refractivity contribution in [3.8, 4) is 0 Å². The highest BCUT2D eigenvalue weighted by Gasteiger charge is 2.29. The Labute approximate surface area is 152 Å². The van der Waals surface area contributed by atoms with Crippen LogP contribution in [0.3, 0.4) is 0 Å². The number of nitrogens with zero attached hydrogens (tertiary/aromatic N) is 1. The average molecular weight is 346 g/mol. The lowest BCUT2D eigenvalue weighted by atomic mass is 9.94. The maximum absolute atomic E-state index is 12.9. The molecule has 0 bridgehead atoms. The summed E-state index contributed by atoms with van der Waals surface area (Å²) in [5, 5.41) is 0.806. The molecule has 0 radical (unpaired) electrons. The van der Waals surface area contributed by atoms with E-state index in [1.807, 2.05) is 42.5 Å². The van der Waals surface area contributed by atoms with E-state index in [1.165, 1.54) is 5.56 Å². The van der Waals surface area contributed by atoms with Gasteiger partial charge in [-0.25, -0.2) is 0 Å². The molecule has 4 heteroatoms. The number of Topliss-reactive ketones (excluding diaryl/α,β-unsaturated/α-hetero) is 1. The first-order valence-corrected chi connectivity index (χ1v) is 9.18. The first-order chi connectivity index (χ1) is 12.7. The number of H-pyrrole nitrogens is 1. The van der Waals surface area contributed by atoms with Crippen LogP contribution in [0, 0.1) is 0 Å². The molecular formula is C22H22N2O2. The van der Waals surface area contributed by atoms with Gasteiger partial charge in [-0.3, -0.25) is 9.59 Å². The second-order valence-electron chi connectivity index (χ2n) is 6.93. The van der Waals surface area contributed by atoms with Gasteiger partial charge < -0.3 is 9.88 Å². The number of hydrogen-bond donors (Lipinski definition) is 1. The van der Waals surface area contributed by atoms with Gasteiger partial charge >= 0.3 is 0 Å². The Morgan fingerprint density at radius 1 is 0.962 bits per heavy atom. The van der Waals surface area contributed by atoms with Crippen molar-refractivity contribution < 1.29 is 9.59 Å². The van der Waals surface area contributed by atoms with Crippen LogP contribution >= 0.6 is 0 Å². The molecule has 4 rings (SSSR count).